The Hall–Kier alpha value is -6.26. The molecule has 0 unspecified atom stereocenters. The molecule has 9 aromatic rings. The average molecular weight is 591 g/mol. The molecule has 0 radical (unpaired) electrons. The topological polar surface area (TPSA) is 52.1 Å². The number of rotatable bonds is 5. The highest BCUT2D eigenvalue weighted by molar-refractivity contribution is 6.22. The highest BCUT2D eigenvalue weighted by Crippen LogP contribution is 2.46. The van der Waals surface area contributed by atoms with E-state index in [-0.39, 0.29) is 0 Å². The molecule has 7 aromatic carbocycles. The van der Waals surface area contributed by atoms with Gasteiger partial charge in [0.25, 0.3) is 0 Å². The molecule has 0 aliphatic rings. The van der Waals surface area contributed by atoms with E-state index < -0.39 is 0 Å². The standard InChI is InChI=1S/C42H26N2O2/c1-2-8-28-19-29(16-15-27(28)7-1)30-17-18-37-38(22-30)42(34-12-6-10-32(21-34)40-24-44-26-46-40)36-14-4-3-13-35(36)41(37)33-11-5-9-31(20-33)39-23-43-25-45-39/h1-26H. The minimum Gasteiger partial charge on any atom is -0.444 e. The number of fused-ring (bicyclic) bond motifs is 3. The minimum atomic E-state index is 0.744. The summed E-state index contributed by atoms with van der Waals surface area (Å²) in [5.74, 6) is 1.49. The van der Waals surface area contributed by atoms with Crippen LogP contribution in [-0.4, -0.2) is 9.97 Å². The Kier molecular flexibility index (Phi) is 6.10. The summed E-state index contributed by atoms with van der Waals surface area (Å²) in [5.41, 5.74) is 8.94. The van der Waals surface area contributed by atoms with Crippen LogP contribution >= 0.6 is 0 Å². The lowest BCUT2D eigenvalue weighted by molar-refractivity contribution is 0.571. The van der Waals surface area contributed by atoms with E-state index in [0.717, 1.165) is 33.8 Å². The maximum absolute atomic E-state index is 5.69. The van der Waals surface area contributed by atoms with Gasteiger partial charge in [-0.3, -0.25) is 0 Å². The summed E-state index contributed by atoms with van der Waals surface area (Å²) < 4.78 is 11.4. The van der Waals surface area contributed by atoms with E-state index in [4.69, 9.17) is 8.83 Å². The smallest absolute Gasteiger partial charge is 0.181 e. The molecule has 0 N–H and O–H groups in total. The maximum atomic E-state index is 5.69. The Balaban J connectivity index is 1.36. The van der Waals surface area contributed by atoms with Gasteiger partial charge in [0.05, 0.1) is 12.4 Å². The first-order valence-electron chi connectivity index (χ1n) is 15.3. The Morgan fingerprint density at radius 3 is 1.50 bits per heavy atom. The number of hydrogen-bond acceptors (Lipinski definition) is 4. The molecule has 0 fully saturated rings. The van der Waals surface area contributed by atoms with Crippen LogP contribution in [0.5, 0.6) is 0 Å². The number of oxazole rings is 2. The van der Waals surface area contributed by atoms with Gasteiger partial charge >= 0.3 is 0 Å². The van der Waals surface area contributed by atoms with Crippen molar-refractivity contribution in [3.63, 3.8) is 0 Å². The Morgan fingerprint density at radius 1 is 0.348 bits per heavy atom. The second kappa shape index (κ2) is 10.7. The molecule has 0 saturated carbocycles. The quantitative estimate of drug-likeness (QED) is 0.187. The second-order valence-electron chi connectivity index (χ2n) is 11.5. The van der Waals surface area contributed by atoms with Crippen LogP contribution in [0.25, 0.3) is 88.3 Å². The molecule has 9 rings (SSSR count). The van der Waals surface area contributed by atoms with E-state index in [1.807, 2.05) is 0 Å². The molecule has 4 nitrogen and oxygen atoms in total. The van der Waals surface area contributed by atoms with Gasteiger partial charge in [0.1, 0.15) is 0 Å². The zero-order valence-corrected chi connectivity index (χ0v) is 24.7. The van der Waals surface area contributed by atoms with E-state index in [0.29, 0.717) is 0 Å². The van der Waals surface area contributed by atoms with Crippen LogP contribution in [0.1, 0.15) is 0 Å². The molecule has 0 atom stereocenters. The molecule has 0 saturated heterocycles. The van der Waals surface area contributed by atoms with Crippen molar-refractivity contribution >= 4 is 32.3 Å². The third kappa shape index (κ3) is 4.39. The van der Waals surface area contributed by atoms with Crippen molar-refractivity contribution in [3.8, 4) is 56.0 Å². The summed E-state index contributed by atoms with van der Waals surface area (Å²) >= 11 is 0. The molecule has 2 aromatic heterocycles. The summed E-state index contributed by atoms with van der Waals surface area (Å²) in [6.45, 7) is 0. The van der Waals surface area contributed by atoms with Crippen LogP contribution in [0.15, 0.2) is 167 Å². The van der Waals surface area contributed by atoms with Crippen molar-refractivity contribution in [2.75, 3.05) is 0 Å². The number of nitrogens with zero attached hydrogens (tertiary/aromatic N) is 2. The zero-order chi connectivity index (χ0) is 30.5. The van der Waals surface area contributed by atoms with Crippen molar-refractivity contribution in [3.05, 3.63) is 159 Å². The maximum Gasteiger partial charge on any atom is 0.181 e. The SMILES string of the molecule is c1cc(-c2cnco2)cc(-c2c3ccccc3c(-c3cccc(-c4cnco4)c3)c3cc(-c4ccc5ccccc5c4)ccc23)c1. The first-order valence-corrected chi connectivity index (χ1v) is 15.3. The number of hydrogen-bond donors (Lipinski definition) is 0. The Morgan fingerprint density at radius 2 is 0.870 bits per heavy atom. The van der Waals surface area contributed by atoms with Gasteiger partial charge in [0, 0.05) is 11.1 Å². The summed E-state index contributed by atoms with van der Waals surface area (Å²) in [5, 5.41) is 7.18. The lowest BCUT2D eigenvalue weighted by atomic mass is 9.84. The van der Waals surface area contributed by atoms with Gasteiger partial charge in [-0.25, -0.2) is 9.97 Å². The number of aromatic nitrogens is 2. The van der Waals surface area contributed by atoms with Crippen molar-refractivity contribution in [2.45, 2.75) is 0 Å². The fourth-order valence-electron chi connectivity index (χ4n) is 6.72. The van der Waals surface area contributed by atoms with E-state index in [9.17, 15) is 0 Å². The molecule has 0 aliphatic carbocycles. The van der Waals surface area contributed by atoms with Crippen LogP contribution in [0, 0.1) is 0 Å². The van der Waals surface area contributed by atoms with Gasteiger partial charge in [-0.2, -0.15) is 0 Å². The monoisotopic (exact) mass is 590 g/mol. The molecule has 0 bridgehead atoms. The molecular formula is C42H26N2O2. The summed E-state index contributed by atoms with van der Waals surface area (Å²) in [6.07, 6.45) is 6.47. The third-order valence-electron chi connectivity index (χ3n) is 8.84. The lowest BCUT2D eigenvalue weighted by Crippen LogP contribution is -1.92. The highest BCUT2D eigenvalue weighted by atomic mass is 16.3. The molecule has 46 heavy (non-hydrogen) atoms. The van der Waals surface area contributed by atoms with Gasteiger partial charge in [-0.1, -0.05) is 109 Å². The summed E-state index contributed by atoms with van der Waals surface area (Å²) in [4.78, 5) is 8.31. The van der Waals surface area contributed by atoms with Gasteiger partial charge < -0.3 is 8.83 Å². The van der Waals surface area contributed by atoms with E-state index >= 15 is 0 Å². The summed E-state index contributed by atoms with van der Waals surface area (Å²) in [7, 11) is 0. The molecule has 0 aliphatic heterocycles. The van der Waals surface area contributed by atoms with Gasteiger partial charge in [0.15, 0.2) is 24.3 Å². The van der Waals surface area contributed by atoms with Gasteiger partial charge in [-0.15, -0.1) is 0 Å². The predicted molar refractivity (Wildman–Crippen MR) is 186 cm³/mol. The normalized spacial score (nSPS) is 11.5. The first-order chi connectivity index (χ1) is 22.8. The van der Waals surface area contributed by atoms with Crippen molar-refractivity contribution in [1.82, 2.24) is 9.97 Å². The molecule has 4 heteroatoms. The molecule has 216 valence electrons. The van der Waals surface area contributed by atoms with Gasteiger partial charge in [0.2, 0.25) is 0 Å². The molecule has 2 heterocycles. The fourth-order valence-corrected chi connectivity index (χ4v) is 6.72. The van der Waals surface area contributed by atoms with E-state index in [1.54, 1.807) is 12.4 Å². The van der Waals surface area contributed by atoms with E-state index in [2.05, 4.69) is 143 Å². The molecular weight excluding hydrogens is 564 g/mol. The lowest BCUT2D eigenvalue weighted by Gasteiger charge is -2.19. The van der Waals surface area contributed by atoms with Crippen molar-refractivity contribution < 1.29 is 8.83 Å². The van der Waals surface area contributed by atoms with Crippen molar-refractivity contribution in [2.24, 2.45) is 0 Å². The van der Waals surface area contributed by atoms with Crippen LogP contribution < -0.4 is 0 Å². The Labute approximate surface area is 265 Å². The first kappa shape index (κ1) is 26.2. The second-order valence-corrected chi connectivity index (χ2v) is 11.5. The number of benzene rings is 7. The Bertz CT molecular complexity index is 2530. The molecule has 0 amide bonds. The largest absolute Gasteiger partial charge is 0.444 e. The van der Waals surface area contributed by atoms with E-state index in [1.165, 1.54) is 67.4 Å². The minimum absolute atomic E-state index is 0.744. The van der Waals surface area contributed by atoms with Crippen LogP contribution in [0.2, 0.25) is 0 Å². The van der Waals surface area contributed by atoms with Crippen LogP contribution in [0.3, 0.4) is 0 Å². The fraction of sp³-hybridized carbons (Fsp3) is 0. The van der Waals surface area contributed by atoms with Crippen LogP contribution in [0.4, 0.5) is 0 Å². The van der Waals surface area contributed by atoms with Gasteiger partial charge in [-0.05, 0) is 90.0 Å². The molecule has 0 spiro atoms. The predicted octanol–water partition coefficient (Wildman–Crippen LogP) is 11.5. The van der Waals surface area contributed by atoms with Crippen LogP contribution in [-0.2, 0) is 0 Å². The third-order valence-corrected chi connectivity index (χ3v) is 8.84. The zero-order valence-electron chi connectivity index (χ0n) is 24.7. The van der Waals surface area contributed by atoms with Crippen molar-refractivity contribution in [1.29, 1.82) is 0 Å². The summed E-state index contributed by atoms with van der Waals surface area (Å²) in [6, 6.07) is 47.9. The average Bonchev–Trinajstić information content (AvgIpc) is 3.86. The highest BCUT2D eigenvalue weighted by Gasteiger charge is 2.19.